The van der Waals surface area contributed by atoms with Gasteiger partial charge in [-0.3, -0.25) is 29.1 Å². The molecule has 4 rings (SSSR count). The van der Waals surface area contributed by atoms with Crippen molar-refractivity contribution in [2.24, 2.45) is 5.92 Å². The van der Waals surface area contributed by atoms with Crippen molar-refractivity contribution in [1.82, 2.24) is 20.3 Å². The van der Waals surface area contributed by atoms with Gasteiger partial charge in [-0.2, -0.15) is 5.06 Å². The molecular formula is C19H24N4O4. The van der Waals surface area contributed by atoms with E-state index in [0.717, 1.165) is 36.1 Å². The van der Waals surface area contributed by atoms with Crippen molar-refractivity contribution in [3.05, 3.63) is 30.1 Å². The highest BCUT2D eigenvalue weighted by Crippen LogP contribution is 2.43. The number of aromatic nitrogens is 1. The summed E-state index contributed by atoms with van der Waals surface area (Å²) in [7, 11) is 1.47. The lowest BCUT2D eigenvalue weighted by atomic mass is 9.91. The number of rotatable bonds is 4. The van der Waals surface area contributed by atoms with Gasteiger partial charge in [0, 0.05) is 25.5 Å². The molecular weight excluding hydrogens is 348 g/mol. The molecule has 1 aromatic heterocycles. The minimum Gasteiger partial charge on any atom is -0.352 e. The Bertz CT molecular complexity index is 734. The van der Waals surface area contributed by atoms with Crippen molar-refractivity contribution in [3.8, 4) is 0 Å². The van der Waals surface area contributed by atoms with E-state index >= 15 is 0 Å². The first-order valence-corrected chi connectivity index (χ1v) is 9.50. The molecule has 2 aliphatic heterocycles. The molecule has 3 aliphatic rings. The zero-order valence-corrected chi connectivity index (χ0v) is 15.3. The summed E-state index contributed by atoms with van der Waals surface area (Å²) in [5.41, 5.74) is 0.805. The van der Waals surface area contributed by atoms with E-state index in [1.807, 2.05) is 0 Å². The van der Waals surface area contributed by atoms with E-state index in [1.54, 1.807) is 24.5 Å². The first-order valence-electron chi connectivity index (χ1n) is 9.50. The smallest absolute Gasteiger partial charge is 0.261 e. The number of nitrogens with zero attached hydrogens (tertiary/aromatic N) is 3. The van der Waals surface area contributed by atoms with Crippen molar-refractivity contribution in [2.45, 2.75) is 50.3 Å². The first-order chi connectivity index (χ1) is 13.1. The Morgan fingerprint density at radius 1 is 1.19 bits per heavy atom. The lowest BCUT2D eigenvalue weighted by Gasteiger charge is -2.27. The predicted octanol–water partition coefficient (Wildman–Crippen LogP) is 0.802. The van der Waals surface area contributed by atoms with Gasteiger partial charge in [-0.1, -0.05) is 19.3 Å². The van der Waals surface area contributed by atoms with Crippen molar-refractivity contribution in [2.75, 3.05) is 13.6 Å². The maximum Gasteiger partial charge on any atom is 0.261 e. The number of pyridine rings is 1. The summed E-state index contributed by atoms with van der Waals surface area (Å²) in [6, 6.07) is 3.29. The van der Waals surface area contributed by atoms with Crippen molar-refractivity contribution < 1.29 is 19.2 Å². The van der Waals surface area contributed by atoms with Crippen LogP contribution in [0.2, 0.25) is 0 Å². The maximum atomic E-state index is 12.6. The third kappa shape index (κ3) is 3.35. The molecule has 27 heavy (non-hydrogen) atoms. The van der Waals surface area contributed by atoms with E-state index in [9.17, 15) is 14.4 Å². The van der Waals surface area contributed by atoms with Gasteiger partial charge in [0.25, 0.3) is 5.91 Å². The molecule has 3 unspecified atom stereocenters. The largest absolute Gasteiger partial charge is 0.352 e. The zero-order chi connectivity index (χ0) is 19.0. The Hall–Kier alpha value is -2.32. The second-order valence-electron chi connectivity index (χ2n) is 7.49. The van der Waals surface area contributed by atoms with Crippen LogP contribution < -0.4 is 5.32 Å². The monoisotopic (exact) mass is 372 g/mol. The standard InChI is InChI=1S/C19H24N4O4/c1-22-18(25)15-16(12-7-9-20-10-8-12)23(27-17(15)19(22)26)11-14(24)21-13-5-3-2-4-6-13/h7-10,13,15-17H,2-6,11H2,1H3,(H,21,24). The molecule has 3 heterocycles. The van der Waals surface area contributed by atoms with Crippen LogP contribution in [0, 0.1) is 5.92 Å². The van der Waals surface area contributed by atoms with Crippen molar-refractivity contribution in [1.29, 1.82) is 0 Å². The van der Waals surface area contributed by atoms with Crippen LogP contribution >= 0.6 is 0 Å². The fourth-order valence-corrected chi connectivity index (χ4v) is 4.34. The molecule has 3 atom stereocenters. The first kappa shape index (κ1) is 18.1. The van der Waals surface area contributed by atoms with E-state index < -0.39 is 18.1 Å². The molecule has 2 saturated heterocycles. The summed E-state index contributed by atoms with van der Waals surface area (Å²) < 4.78 is 0. The van der Waals surface area contributed by atoms with E-state index in [0.29, 0.717) is 0 Å². The van der Waals surface area contributed by atoms with Gasteiger partial charge >= 0.3 is 0 Å². The Kier molecular flexibility index (Phi) is 4.92. The summed E-state index contributed by atoms with van der Waals surface area (Å²) in [5, 5.41) is 4.55. The minimum absolute atomic E-state index is 0.0131. The fourth-order valence-electron chi connectivity index (χ4n) is 4.34. The molecule has 1 saturated carbocycles. The van der Waals surface area contributed by atoms with Gasteiger partial charge in [-0.15, -0.1) is 0 Å². The van der Waals surface area contributed by atoms with E-state index in [2.05, 4.69) is 10.3 Å². The van der Waals surface area contributed by atoms with Crippen LogP contribution in [-0.2, 0) is 19.2 Å². The number of imide groups is 1. The van der Waals surface area contributed by atoms with E-state index in [1.165, 1.54) is 18.5 Å². The quantitative estimate of drug-likeness (QED) is 0.786. The Balaban J connectivity index is 1.53. The average molecular weight is 372 g/mol. The highest BCUT2D eigenvalue weighted by atomic mass is 16.7. The van der Waals surface area contributed by atoms with E-state index in [-0.39, 0.29) is 30.3 Å². The number of hydrogen-bond donors (Lipinski definition) is 1. The molecule has 8 heteroatoms. The number of fused-ring (bicyclic) bond motifs is 1. The van der Waals surface area contributed by atoms with Crippen LogP contribution in [0.25, 0.3) is 0 Å². The molecule has 3 amide bonds. The highest BCUT2D eigenvalue weighted by Gasteiger charge is 2.58. The number of hydroxylamine groups is 2. The van der Waals surface area contributed by atoms with Gasteiger partial charge < -0.3 is 5.32 Å². The number of nitrogens with one attached hydrogen (secondary N) is 1. The number of amides is 3. The SMILES string of the molecule is CN1C(=O)C2ON(CC(=O)NC3CCCCC3)C(c3ccncc3)C2C1=O. The van der Waals surface area contributed by atoms with Crippen molar-refractivity contribution >= 4 is 17.7 Å². The Labute approximate surface area is 157 Å². The molecule has 1 N–H and O–H groups in total. The molecule has 0 aromatic carbocycles. The molecule has 144 valence electrons. The van der Waals surface area contributed by atoms with Crippen LogP contribution in [-0.4, -0.2) is 58.4 Å². The van der Waals surface area contributed by atoms with Gasteiger partial charge in [0.1, 0.15) is 6.54 Å². The van der Waals surface area contributed by atoms with Gasteiger partial charge in [-0.05, 0) is 30.5 Å². The lowest BCUT2D eigenvalue weighted by molar-refractivity contribution is -0.182. The van der Waals surface area contributed by atoms with Crippen LogP contribution in [0.4, 0.5) is 0 Å². The average Bonchev–Trinajstić information content (AvgIpc) is 3.14. The number of likely N-dealkylation sites (N-methyl/N-ethyl adjacent to an activating group) is 1. The topological polar surface area (TPSA) is 91.8 Å². The van der Waals surface area contributed by atoms with E-state index in [4.69, 9.17) is 4.84 Å². The predicted molar refractivity (Wildman–Crippen MR) is 94.8 cm³/mol. The van der Waals surface area contributed by atoms with Gasteiger partial charge in [0.15, 0.2) is 6.10 Å². The Morgan fingerprint density at radius 2 is 1.89 bits per heavy atom. The molecule has 0 radical (unpaired) electrons. The Morgan fingerprint density at radius 3 is 2.59 bits per heavy atom. The van der Waals surface area contributed by atoms with Crippen LogP contribution in [0.3, 0.4) is 0 Å². The summed E-state index contributed by atoms with van der Waals surface area (Å²) in [6.45, 7) is -0.0131. The normalized spacial score (nSPS) is 29.2. The van der Waals surface area contributed by atoms with Gasteiger partial charge in [0.05, 0.1) is 12.0 Å². The van der Waals surface area contributed by atoms with Gasteiger partial charge in [0.2, 0.25) is 11.8 Å². The minimum atomic E-state index is -0.872. The second-order valence-corrected chi connectivity index (χ2v) is 7.49. The number of hydrogen-bond acceptors (Lipinski definition) is 6. The third-order valence-corrected chi connectivity index (χ3v) is 5.73. The summed E-state index contributed by atoms with van der Waals surface area (Å²) in [6.07, 6.45) is 7.85. The third-order valence-electron chi connectivity index (χ3n) is 5.73. The molecule has 8 nitrogen and oxygen atoms in total. The van der Waals surface area contributed by atoms with Crippen LogP contribution in [0.1, 0.15) is 43.7 Å². The summed E-state index contributed by atoms with van der Waals surface area (Å²) in [5.74, 6) is -1.43. The molecule has 3 fully saturated rings. The van der Waals surface area contributed by atoms with Crippen LogP contribution in [0.5, 0.6) is 0 Å². The van der Waals surface area contributed by atoms with Crippen molar-refractivity contribution in [3.63, 3.8) is 0 Å². The number of carbonyl (C=O) groups is 3. The van der Waals surface area contributed by atoms with Crippen LogP contribution in [0.15, 0.2) is 24.5 Å². The van der Waals surface area contributed by atoms with Gasteiger partial charge in [-0.25, -0.2) is 0 Å². The summed E-state index contributed by atoms with van der Waals surface area (Å²) in [4.78, 5) is 48.5. The summed E-state index contributed by atoms with van der Waals surface area (Å²) >= 11 is 0. The maximum absolute atomic E-state index is 12.6. The molecule has 0 bridgehead atoms. The number of likely N-dealkylation sites (tertiary alicyclic amines) is 1. The lowest BCUT2D eigenvalue weighted by Crippen LogP contribution is -2.44. The molecule has 1 aromatic rings. The highest BCUT2D eigenvalue weighted by molar-refractivity contribution is 6.07. The molecule has 0 spiro atoms. The molecule has 1 aliphatic carbocycles. The second kappa shape index (κ2) is 7.36. The number of carbonyl (C=O) groups excluding carboxylic acids is 3. The zero-order valence-electron chi connectivity index (χ0n) is 15.3. The fraction of sp³-hybridized carbons (Fsp3) is 0.579.